The van der Waals surface area contributed by atoms with Crippen LogP contribution < -0.4 is 10.6 Å². The Morgan fingerprint density at radius 1 is 1.43 bits per heavy atom. The van der Waals surface area contributed by atoms with Crippen LogP contribution in [0.5, 0.6) is 0 Å². The first-order valence-corrected chi connectivity index (χ1v) is 5.11. The summed E-state index contributed by atoms with van der Waals surface area (Å²) in [6.45, 7) is 8.18. The Labute approximate surface area is 84.5 Å². The molecule has 0 radical (unpaired) electrons. The van der Waals surface area contributed by atoms with E-state index in [-0.39, 0.29) is 6.04 Å². The third kappa shape index (κ3) is 1.50. The summed E-state index contributed by atoms with van der Waals surface area (Å²) >= 11 is 0. The summed E-state index contributed by atoms with van der Waals surface area (Å²) in [4.78, 5) is 9.99. The van der Waals surface area contributed by atoms with E-state index in [1.165, 1.54) is 0 Å². The number of aromatic nitrogens is 2. The number of imidazole rings is 1. The van der Waals surface area contributed by atoms with Crippen molar-refractivity contribution >= 4 is 5.95 Å². The highest BCUT2D eigenvalue weighted by molar-refractivity contribution is 5.36. The molecule has 0 spiro atoms. The molecule has 1 saturated heterocycles. The smallest absolute Gasteiger partial charge is 0.203 e. The second kappa shape index (κ2) is 3.28. The Bertz CT molecular complexity index is 301. The number of anilines is 1. The molecule has 4 nitrogen and oxygen atoms in total. The van der Waals surface area contributed by atoms with Crippen molar-refractivity contribution in [3.05, 3.63) is 11.4 Å². The lowest BCUT2D eigenvalue weighted by molar-refractivity contribution is 0.566. The van der Waals surface area contributed by atoms with E-state index in [4.69, 9.17) is 5.73 Å². The van der Waals surface area contributed by atoms with Gasteiger partial charge >= 0.3 is 0 Å². The number of aromatic amines is 1. The monoisotopic (exact) mass is 194 g/mol. The summed E-state index contributed by atoms with van der Waals surface area (Å²) < 4.78 is 0. The van der Waals surface area contributed by atoms with Gasteiger partial charge in [0.2, 0.25) is 5.95 Å². The summed E-state index contributed by atoms with van der Waals surface area (Å²) in [6.07, 6.45) is 0. The molecule has 0 aromatic carbocycles. The maximum absolute atomic E-state index is 5.97. The molecule has 78 valence electrons. The van der Waals surface area contributed by atoms with E-state index in [1.54, 1.807) is 0 Å². The van der Waals surface area contributed by atoms with Gasteiger partial charge in [-0.3, -0.25) is 0 Å². The summed E-state index contributed by atoms with van der Waals surface area (Å²) in [5.74, 6) is 1.53. The SMILES string of the molecule is Cc1nc(N2CC(C)C(N)C2)[nH]c1C. The number of rotatable bonds is 1. The summed E-state index contributed by atoms with van der Waals surface area (Å²) in [6, 6.07) is 0.278. The van der Waals surface area contributed by atoms with Crippen LogP contribution in [-0.4, -0.2) is 29.1 Å². The number of aryl methyl sites for hydroxylation is 2. The summed E-state index contributed by atoms with van der Waals surface area (Å²) in [5, 5.41) is 0. The highest BCUT2D eigenvalue weighted by Crippen LogP contribution is 2.21. The Balaban J connectivity index is 2.17. The fourth-order valence-electron chi connectivity index (χ4n) is 1.84. The molecule has 1 aliphatic rings. The van der Waals surface area contributed by atoms with Gasteiger partial charge in [0.15, 0.2) is 0 Å². The number of nitrogens with two attached hydrogens (primary N) is 1. The predicted octanol–water partition coefficient (Wildman–Crippen LogP) is 0.810. The predicted molar refractivity (Wildman–Crippen MR) is 57.4 cm³/mol. The van der Waals surface area contributed by atoms with Crippen LogP contribution in [0.3, 0.4) is 0 Å². The topological polar surface area (TPSA) is 57.9 Å². The number of hydrogen-bond acceptors (Lipinski definition) is 3. The maximum atomic E-state index is 5.97. The summed E-state index contributed by atoms with van der Waals surface area (Å²) in [5.41, 5.74) is 8.19. The van der Waals surface area contributed by atoms with E-state index >= 15 is 0 Å². The van der Waals surface area contributed by atoms with Crippen LogP contribution >= 0.6 is 0 Å². The van der Waals surface area contributed by atoms with E-state index in [2.05, 4.69) is 21.8 Å². The quantitative estimate of drug-likeness (QED) is 0.695. The van der Waals surface area contributed by atoms with Crippen LogP contribution in [0.4, 0.5) is 5.95 Å². The minimum atomic E-state index is 0.278. The minimum Gasteiger partial charge on any atom is -0.341 e. The zero-order valence-electron chi connectivity index (χ0n) is 9.04. The molecule has 1 aromatic heterocycles. The Morgan fingerprint density at radius 3 is 2.57 bits per heavy atom. The lowest BCUT2D eigenvalue weighted by Gasteiger charge is -2.13. The second-order valence-electron chi connectivity index (χ2n) is 4.32. The Hall–Kier alpha value is -1.03. The van der Waals surface area contributed by atoms with Gasteiger partial charge in [0.05, 0.1) is 5.69 Å². The fraction of sp³-hybridized carbons (Fsp3) is 0.700. The molecule has 3 N–H and O–H groups in total. The van der Waals surface area contributed by atoms with Crippen LogP contribution in [0.2, 0.25) is 0 Å². The van der Waals surface area contributed by atoms with Gasteiger partial charge in [-0.15, -0.1) is 0 Å². The average Bonchev–Trinajstić information content (AvgIpc) is 2.60. The van der Waals surface area contributed by atoms with Crippen molar-refractivity contribution in [1.82, 2.24) is 9.97 Å². The fourth-order valence-corrected chi connectivity index (χ4v) is 1.84. The molecule has 1 aliphatic heterocycles. The molecule has 1 fully saturated rings. The van der Waals surface area contributed by atoms with Gasteiger partial charge in [0, 0.05) is 24.8 Å². The molecule has 0 saturated carbocycles. The van der Waals surface area contributed by atoms with E-state index in [0.29, 0.717) is 5.92 Å². The van der Waals surface area contributed by atoms with Gasteiger partial charge in [-0.05, 0) is 19.8 Å². The second-order valence-corrected chi connectivity index (χ2v) is 4.32. The molecular weight excluding hydrogens is 176 g/mol. The Morgan fingerprint density at radius 2 is 2.14 bits per heavy atom. The van der Waals surface area contributed by atoms with Gasteiger partial charge in [-0.1, -0.05) is 6.92 Å². The number of nitrogens with zero attached hydrogens (tertiary/aromatic N) is 2. The van der Waals surface area contributed by atoms with Gasteiger partial charge in [0.25, 0.3) is 0 Å². The average molecular weight is 194 g/mol. The molecule has 2 heterocycles. The molecule has 4 heteroatoms. The maximum Gasteiger partial charge on any atom is 0.203 e. The zero-order valence-corrected chi connectivity index (χ0v) is 9.04. The third-order valence-electron chi connectivity index (χ3n) is 3.09. The van der Waals surface area contributed by atoms with Gasteiger partial charge < -0.3 is 15.6 Å². The molecule has 2 rings (SSSR count). The molecule has 0 aliphatic carbocycles. The van der Waals surface area contributed by atoms with E-state index in [1.807, 2.05) is 13.8 Å². The van der Waals surface area contributed by atoms with Crippen molar-refractivity contribution in [3.8, 4) is 0 Å². The van der Waals surface area contributed by atoms with Crippen LogP contribution in [0.1, 0.15) is 18.3 Å². The lowest BCUT2D eigenvalue weighted by atomic mass is 10.1. The molecule has 2 atom stereocenters. The van der Waals surface area contributed by atoms with Crippen molar-refractivity contribution in [2.24, 2.45) is 11.7 Å². The van der Waals surface area contributed by atoms with Gasteiger partial charge in [0.1, 0.15) is 0 Å². The zero-order chi connectivity index (χ0) is 10.3. The molecule has 14 heavy (non-hydrogen) atoms. The number of H-pyrrole nitrogens is 1. The molecular formula is C10H18N4. The first kappa shape index (κ1) is 9.52. The van der Waals surface area contributed by atoms with Crippen LogP contribution in [0.15, 0.2) is 0 Å². The van der Waals surface area contributed by atoms with E-state index in [0.717, 1.165) is 30.4 Å². The molecule has 0 amide bonds. The number of hydrogen-bond donors (Lipinski definition) is 2. The highest BCUT2D eigenvalue weighted by Gasteiger charge is 2.28. The molecule has 0 bridgehead atoms. The normalized spacial score (nSPS) is 27.3. The lowest BCUT2D eigenvalue weighted by Crippen LogP contribution is -2.28. The van der Waals surface area contributed by atoms with Crippen LogP contribution in [0, 0.1) is 19.8 Å². The van der Waals surface area contributed by atoms with Crippen molar-refractivity contribution in [2.45, 2.75) is 26.8 Å². The Kier molecular flexibility index (Phi) is 2.23. The summed E-state index contributed by atoms with van der Waals surface area (Å²) in [7, 11) is 0. The third-order valence-corrected chi connectivity index (χ3v) is 3.09. The van der Waals surface area contributed by atoms with Crippen LogP contribution in [0.25, 0.3) is 0 Å². The van der Waals surface area contributed by atoms with Crippen molar-refractivity contribution in [2.75, 3.05) is 18.0 Å². The molecule has 1 aromatic rings. The van der Waals surface area contributed by atoms with Crippen molar-refractivity contribution < 1.29 is 0 Å². The standard InChI is InChI=1S/C10H18N4/c1-6-4-14(5-9(6)11)10-12-7(2)8(3)13-10/h6,9H,4-5,11H2,1-3H3,(H,12,13). The van der Waals surface area contributed by atoms with Crippen molar-refractivity contribution in [1.29, 1.82) is 0 Å². The minimum absolute atomic E-state index is 0.278. The van der Waals surface area contributed by atoms with E-state index in [9.17, 15) is 0 Å². The highest BCUT2D eigenvalue weighted by atomic mass is 15.3. The van der Waals surface area contributed by atoms with E-state index < -0.39 is 0 Å². The van der Waals surface area contributed by atoms with Crippen molar-refractivity contribution in [3.63, 3.8) is 0 Å². The molecule has 2 unspecified atom stereocenters. The number of nitrogens with one attached hydrogen (secondary N) is 1. The van der Waals surface area contributed by atoms with Crippen LogP contribution in [-0.2, 0) is 0 Å². The largest absolute Gasteiger partial charge is 0.341 e. The van der Waals surface area contributed by atoms with Gasteiger partial charge in [-0.2, -0.15) is 0 Å². The first-order valence-electron chi connectivity index (χ1n) is 5.11. The van der Waals surface area contributed by atoms with Gasteiger partial charge in [-0.25, -0.2) is 4.98 Å². The first-order chi connectivity index (χ1) is 6.58.